The first-order valence-corrected chi connectivity index (χ1v) is 16.3. The van der Waals surface area contributed by atoms with E-state index in [0.29, 0.717) is 29.3 Å². The minimum Gasteiger partial charge on any atom is -0.358 e. The standard InChI is InChI=1S/C19H21F3N2O3S.C14H20N2O/c1-17(2,3)16-23-14(18(4)9-10-18)11-15(24-16)27-28(25,26)13-7-5-12(6-8-13)19(20,21)22;1-9(17)10-8-11(14(5)6-7-14)16-12(15-10)13(2,3)4/h5-8,11H,9-10H2,1-4H3;8H,6-7H2,1-5H3. The highest BCUT2D eigenvalue weighted by Crippen LogP contribution is 2.48. The molecule has 3 aromatic rings. The third-order valence-corrected chi connectivity index (χ3v) is 9.27. The molecular formula is C33H41F3N4O4S. The number of hydrogen-bond donors (Lipinski definition) is 0. The van der Waals surface area contributed by atoms with Crippen LogP contribution in [0.3, 0.4) is 0 Å². The van der Waals surface area contributed by atoms with Gasteiger partial charge in [-0.25, -0.2) is 15.0 Å². The van der Waals surface area contributed by atoms with Crippen molar-refractivity contribution in [1.29, 1.82) is 0 Å². The van der Waals surface area contributed by atoms with Crippen LogP contribution in [0.4, 0.5) is 13.2 Å². The highest BCUT2D eigenvalue weighted by molar-refractivity contribution is 7.87. The zero-order valence-electron chi connectivity index (χ0n) is 27.3. The van der Waals surface area contributed by atoms with E-state index in [0.717, 1.165) is 49.3 Å². The number of aromatic nitrogens is 4. The number of rotatable bonds is 6. The summed E-state index contributed by atoms with van der Waals surface area (Å²) in [5.74, 6) is 1.09. The Bertz CT molecular complexity index is 1650. The summed E-state index contributed by atoms with van der Waals surface area (Å²) < 4.78 is 68.3. The van der Waals surface area contributed by atoms with Gasteiger partial charge in [-0.2, -0.15) is 26.6 Å². The highest BCUT2D eigenvalue weighted by atomic mass is 32.2. The van der Waals surface area contributed by atoms with Crippen LogP contribution in [0.15, 0.2) is 41.3 Å². The highest BCUT2D eigenvalue weighted by Gasteiger charge is 2.43. The molecule has 2 aliphatic carbocycles. The minimum absolute atomic E-state index is 0.0170. The largest absolute Gasteiger partial charge is 0.416 e. The van der Waals surface area contributed by atoms with Gasteiger partial charge in [-0.15, -0.1) is 0 Å². The fraction of sp³-hybridized carbons (Fsp3) is 0.545. The van der Waals surface area contributed by atoms with Crippen molar-refractivity contribution >= 4 is 15.9 Å². The summed E-state index contributed by atoms with van der Waals surface area (Å²) in [6.45, 7) is 17.7. The number of carbonyl (C=O) groups excluding carboxylic acids is 1. The molecule has 2 fully saturated rings. The lowest BCUT2D eigenvalue weighted by Crippen LogP contribution is -2.21. The van der Waals surface area contributed by atoms with E-state index in [2.05, 4.69) is 47.6 Å². The van der Waals surface area contributed by atoms with E-state index in [4.69, 9.17) is 4.18 Å². The van der Waals surface area contributed by atoms with E-state index in [9.17, 15) is 26.4 Å². The van der Waals surface area contributed by atoms with Crippen LogP contribution in [0.5, 0.6) is 5.88 Å². The molecule has 12 heteroatoms. The number of halogens is 3. The zero-order valence-corrected chi connectivity index (χ0v) is 28.1. The van der Waals surface area contributed by atoms with E-state index < -0.39 is 27.3 Å². The summed E-state index contributed by atoms with van der Waals surface area (Å²) in [5.41, 5.74) is 0.822. The fourth-order valence-electron chi connectivity index (χ4n) is 4.24. The summed E-state index contributed by atoms with van der Waals surface area (Å²) in [6.07, 6.45) is -0.376. The molecule has 2 saturated carbocycles. The maximum absolute atomic E-state index is 12.7. The molecule has 0 amide bonds. The van der Waals surface area contributed by atoms with Crippen molar-refractivity contribution in [3.05, 3.63) is 70.7 Å². The number of benzene rings is 1. The van der Waals surface area contributed by atoms with Gasteiger partial charge in [0, 0.05) is 34.7 Å². The van der Waals surface area contributed by atoms with Crippen molar-refractivity contribution in [3.8, 4) is 5.88 Å². The van der Waals surface area contributed by atoms with Crippen molar-refractivity contribution in [2.45, 2.75) is 121 Å². The molecule has 244 valence electrons. The van der Waals surface area contributed by atoms with Crippen LogP contribution >= 0.6 is 0 Å². The fourth-order valence-corrected chi connectivity index (χ4v) is 5.12. The molecule has 0 spiro atoms. The average Bonchev–Trinajstić information content (AvgIpc) is 3.85. The topological polar surface area (TPSA) is 112 Å². The summed E-state index contributed by atoms with van der Waals surface area (Å²) in [6, 6.07) is 6.50. The molecule has 0 bridgehead atoms. The second-order valence-corrected chi connectivity index (χ2v) is 16.2. The molecule has 1 aromatic carbocycles. The van der Waals surface area contributed by atoms with Gasteiger partial charge < -0.3 is 4.18 Å². The number of alkyl halides is 3. The quantitative estimate of drug-likeness (QED) is 0.198. The Labute approximate surface area is 263 Å². The Morgan fingerprint density at radius 2 is 1.20 bits per heavy atom. The SMILES string of the molecule is CC(=O)c1cc(C2(C)CC2)nc(C(C)(C)C)n1.CC(C)(C)c1nc(OS(=O)(=O)c2ccc(C(F)(F)F)cc2)cc(C2(C)CC2)n1. The second-order valence-electron chi connectivity index (χ2n) is 14.6. The van der Waals surface area contributed by atoms with Gasteiger partial charge in [-0.1, -0.05) is 55.4 Å². The molecule has 0 radical (unpaired) electrons. The predicted molar refractivity (Wildman–Crippen MR) is 164 cm³/mol. The van der Waals surface area contributed by atoms with E-state index in [-0.39, 0.29) is 32.8 Å². The van der Waals surface area contributed by atoms with Gasteiger partial charge in [-0.05, 0) is 56.0 Å². The van der Waals surface area contributed by atoms with Gasteiger partial charge in [-0.3, -0.25) is 4.79 Å². The van der Waals surface area contributed by atoms with E-state index in [1.807, 2.05) is 33.8 Å². The molecule has 0 saturated heterocycles. The lowest BCUT2D eigenvalue weighted by Gasteiger charge is -2.20. The Balaban J connectivity index is 0.000000231. The van der Waals surface area contributed by atoms with Crippen molar-refractivity contribution in [3.63, 3.8) is 0 Å². The third kappa shape index (κ3) is 8.25. The van der Waals surface area contributed by atoms with Crippen LogP contribution in [-0.4, -0.2) is 34.1 Å². The first kappa shape index (κ1) is 34.5. The van der Waals surface area contributed by atoms with Crippen LogP contribution < -0.4 is 4.18 Å². The van der Waals surface area contributed by atoms with E-state index in [1.54, 1.807) is 6.92 Å². The monoisotopic (exact) mass is 646 g/mol. The normalized spacial score (nSPS) is 17.2. The molecular weight excluding hydrogens is 605 g/mol. The van der Waals surface area contributed by atoms with Gasteiger partial charge in [0.2, 0.25) is 5.88 Å². The van der Waals surface area contributed by atoms with Gasteiger partial charge in [0.05, 0.1) is 17.0 Å². The first-order valence-electron chi connectivity index (χ1n) is 14.9. The smallest absolute Gasteiger partial charge is 0.358 e. The number of Topliss-reactive ketones (excluding diaryl/α,β-unsaturated/α-hetero) is 1. The van der Waals surface area contributed by atoms with Gasteiger partial charge >= 0.3 is 16.3 Å². The van der Waals surface area contributed by atoms with Crippen LogP contribution in [0.25, 0.3) is 0 Å². The molecule has 5 rings (SSSR count). The number of hydrogen-bond acceptors (Lipinski definition) is 8. The van der Waals surface area contributed by atoms with E-state index in [1.165, 1.54) is 6.07 Å². The lowest BCUT2D eigenvalue weighted by atomic mass is 9.94. The third-order valence-electron chi connectivity index (χ3n) is 8.03. The Hall–Kier alpha value is -3.41. The predicted octanol–water partition coefficient (Wildman–Crippen LogP) is 7.64. The van der Waals surface area contributed by atoms with E-state index >= 15 is 0 Å². The van der Waals surface area contributed by atoms with Crippen molar-refractivity contribution in [2.75, 3.05) is 0 Å². The summed E-state index contributed by atoms with van der Waals surface area (Å²) >= 11 is 0. The first-order chi connectivity index (χ1) is 20.4. The molecule has 45 heavy (non-hydrogen) atoms. The van der Waals surface area contributed by atoms with Crippen molar-refractivity contribution in [2.24, 2.45) is 0 Å². The van der Waals surface area contributed by atoms with Gasteiger partial charge in [0.1, 0.15) is 22.2 Å². The second kappa shape index (κ2) is 11.4. The lowest BCUT2D eigenvalue weighted by molar-refractivity contribution is -0.137. The van der Waals surface area contributed by atoms with Crippen LogP contribution in [0, 0.1) is 0 Å². The number of carbonyl (C=O) groups is 1. The molecule has 2 aliphatic rings. The van der Waals surface area contributed by atoms with Crippen molar-refractivity contribution < 1.29 is 30.6 Å². The number of ketones is 1. The molecule has 2 aromatic heterocycles. The number of nitrogens with zero attached hydrogens (tertiary/aromatic N) is 4. The average molecular weight is 647 g/mol. The molecule has 0 unspecified atom stereocenters. The molecule has 0 aliphatic heterocycles. The van der Waals surface area contributed by atoms with Gasteiger partial charge in [0.15, 0.2) is 5.78 Å². The Kier molecular flexibility index (Phi) is 8.76. The Morgan fingerprint density at radius 3 is 1.60 bits per heavy atom. The minimum atomic E-state index is -4.55. The van der Waals surface area contributed by atoms with Crippen LogP contribution in [0.1, 0.15) is 127 Å². The molecule has 2 heterocycles. The maximum Gasteiger partial charge on any atom is 0.416 e. The zero-order chi connectivity index (χ0) is 33.8. The molecule has 0 atom stereocenters. The summed E-state index contributed by atoms with van der Waals surface area (Å²) in [4.78, 5) is 29.0. The summed E-state index contributed by atoms with van der Waals surface area (Å²) in [5, 5.41) is 0. The molecule has 0 N–H and O–H groups in total. The summed E-state index contributed by atoms with van der Waals surface area (Å²) in [7, 11) is -4.34. The van der Waals surface area contributed by atoms with Crippen molar-refractivity contribution in [1.82, 2.24) is 19.9 Å². The van der Waals surface area contributed by atoms with Crippen LogP contribution in [0.2, 0.25) is 0 Å². The van der Waals surface area contributed by atoms with Gasteiger partial charge in [0.25, 0.3) is 0 Å². The van der Waals surface area contributed by atoms with Crippen LogP contribution in [-0.2, 0) is 38.0 Å². The molecule has 8 nitrogen and oxygen atoms in total. The maximum atomic E-state index is 12.7. The Morgan fingerprint density at radius 1 is 0.756 bits per heavy atom.